The van der Waals surface area contributed by atoms with Crippen molar-refractivity contribution in [2.24, 2.45) is 0 Å². The Morgan fingerprint density at radius 1 is 1.45 bits per heavy atom. The van der Waals surface area contributed by atoms with Crippen LogP contribution in [0.1, 0.15) is 32.6 Å². The van der Waals surface area contributed by atoms with Crippen molar-refractivity contribution in [3.8, 4) is 0 Å². The molecule has 0 bridgehead atoms. The highest BCUT2D eigenvalue weighted by Crippen LogP contribution is 1.96. The molecule has 0 atom stereocenters. The number of allylic oxidation sites excluding steroid dienone is 2. The molecule has 0 aromatic rings. The van der Waals surface area contributed by atoms with Crippen LogP contribution >= 0.6 is 0 Å². The maximum absolute atomic E-state index is 10.7. The Bertz CT molecular complexity index is 130. The average molecular weight is 155 g/mol. The monoisotopic (exact) mass is 155 g/mol. The lowest BCUT2D eigenvalue weighted by Crippen LogP contribution is -2.16. The zero-order valence-electron chi connectivity index (χ0n) is 7.39. The number of rotatable bonds is 5. The first-order valence-electron chi connectivity index (χ1n) is 4.16. The summed E-state index contributed by atoms with van der Waals surface area (Å²) in [7, 11) is 1.67. The summed E-state index contributed by atoms with van der Waals surface area (Å²) in [5, 5.41) is 2.59. The van der Waals surface area contributed by atoms with Gasteiger partial charge < -0.3 is 5.32 Å². The van der Waals surface area contributed by atoms with Gasteiger partial charge in [0.2, 0.25) is 5.91 Å². The number of unbranched alkanes of at least 4 members (excludes halogenated alkanes) is 1. The van der Waals surface area contributed by atoms with Crippen molar-refractivity contribution < 1.29 is 4.79 Å². The first-order valence-corrected chi connectivity index (χ1v) is 4.16. The molecule has 0 aliphatic carbocycles. The molecule has 0 aromatic heterocycles. The van der Waals surface area contributed by atoms with Crippen LogP contribution in [0.5, 0.6) is 0 Å². The maximum atomic E-state index is 10.7. The SMILES string of the molecule is CCC=CCCCC(=O)NC. The first-order chi connectivity index (χ1) is 5.31. The molecule has 0 rings (SSSR count). The zero-order chi connectivity index (χ0) is 8.53. The molecule has 1 amide bonds. The molecule has 0 heterocycles. The van der Waals surface area contributed by atoms with Crippen LogP contribution in [0.15, 0.2) is 12.2 Å². The van der Waals surface area contributed by atoms with E-state index < -0.39 is 0 Å². The molecule has 64 valence electrons. The molecule has 2 nitrogen and oxygen atoms in total. The normalized spacial score (nSPS) is 10.4. The predicted molar refractivity (Wildman–Crippen MR) is 47.3 cm³/mol. The van der Waals surface area contributed by atoms with Gasteiger partial charge in [0, 0.05) is 13.5 Å². The van der Waals surface area contributed by atoms with Crippen molar-refractivity contribution in [1.29, 1.82) is 0 Å². The molecule has 0 spiro atoms. The standard InChI is InChI=1S/C9H17NO/c1-3-4-5-6-7-8-9(11)10-2/h4-5H,3,6-8H2,1-2H3,(H,10,11). The number of hydrogen-bond donors (Lipinski definition) is 1. The van der Waals surface area contributed by atoms with E-state index in [4.69, 9.17) is 0 Å². The molecular weight excluding hydrogens is 138 g/mol. The summed E-state index contributed by atoms with van der Waals surface area (Å²) in [5.41, 5.74) is 0. The molecule has 1 N–H and O–H groups in total. The van der Waals surface area contributed by atoms with Gasteiger partial charge >= 0.3 is 0 Å². The molecule has 0 radical (unpaired) electrons. The van der Waals surface area contributed by atoms with E-state index in [1.165, 1.54) is 0 Å². The van der Waals surface area contributed by atoms with Crippen LogP contribution in [0, 0.1) is 0 Å². The third-order valence-electron chi connectivity index (χ3n) is 1.46. The van der Waals surface area contributed by atoms with Gasteiger partial charge in [-0.25, -0.2) is 0 Å². The minimum absolute atomic E-state index is 0.134. The number of carbonyl (C=O) groups is 1. The summed E-state index contributed by atoms with van der Waals surface area (Å²) in [6.45, 7) is 2.11. The number of carbonyl (C=O) groups excluding carboxylic acids is 1. The highest BCUT2D eigenvalue weighted by atomic mass is 16.1. The molecule has 0 aliphatic heterocycles. The Balaban J connectivity index is 3.14. The van der Waals surface area contributed by atoms with Gasteiger partial charge in [-0.05, 0) is 19.3 Å². The Morgan fingerprint density at radius 3 is 2.73 bits per heavy atom. The van der Waals surface area contributed by atoms with Crippen molar-refractivity contribution in [3.63, 3.8) is 0 Å². The van der Waals surface area contributed by atoms with E-state index in [9.17, 15) is 4.79 Å². The first kappa shape index (κ1) is 10.2. The Labute approximate surface area is 68.7 Å². The molecule has 11 heavy (non-hydrogen) atoms. The van der Waals surface area contributed by atoms with Gasteiger partial charge in [-0.1, -0.05) is 19.1 Å². The van der Waals surface area contributed by atoms with Crippen LogP contribution in [0.3, 0.4) is 0 Å². The molecule has 0 fully saturated rings. The van der Waals surface area contributed by atoms with Crippen molar-refractivity contribution >= 4 is 5.91 Å². The van der Waals surface area contributed by atoms with Gasteiger partial charge in [0.05, 0.1) is 0 Å². The van der Waals surface area contributed by atoms with Crippen LogP contribution < -0.4 is 5.32 Å². The molecule has 0 saturated heterocycles. The fraction of sp³-hybridized carbons (Fsp3) is 0.667. The van der Waals surface area contributed by atoms with E-state index in [-0.39, 0.29) is 5.91 Å². The summed E-state index contributed by atoms with van der Waals surface area (Å²) in [4.78, 5) is 10.7. The molecule has 0 aromatic carbocycles. The minimum Gasteiger partial charge on any atom is -0.359 e. The van der Waals surface area contributed by atoms with E-state index in [0.29, 0.717) is 6.42 Å². The molecule has 2 heteroatoms. The van der Waals surface area contributed by atoms with Crippen LogP contribution in [-0.2, 0) is 4.79 Å². The van der Waals surface area contributed by atoms with Crippen LogP contribution in [0.2, 0.25) is 0 Å². The van der Waals surface area contributed by atoms with Gasteiger partial charge in [0.15, 0.2) is 0 Å². The fourth-order valence-electron chi connectivity index (χ4n) is 0.790. The number of hydrogen-bond acceptors (Lipinski definition) is 1. The second-order valence-corrected chi connectivity index (χ2v) is 2.45. The molecular formula is C9H17NO. The predicted octanol–water partition coefficient (Wildman–Crippen LogP) is 1.87. The lowest BCUT2D eigenvalue weighted by atomic mass is 10.2. The zero-order valence-corrected chi connectivity index (χ0v) is 7.39. The summed E-state index contributed by atoms with van der Waals surface area (Å²) in [5.74, 6) is 0.134. The Kier molecular flexibility index (Phi) is 6.79. The molecule has 0 aliphatic rings. The van der Waals surface area contributed by atoms with Gasteiger partial charge in [-0.15, -0.1) is 0 Å². The van der Waals surface area contributed by atoms with Crippen LogP contribution in [-0.4, -0.2) is 13.0 Å². The van der Waals surface area contributed by atoms with E-state index >= 15 is 0 Å². The smallest absolute Gasteiger partial charge is 0.219 e. The third-order valence-corrected chi connectivity index (χ3v) is 1.46. The minimum atomic E-state index is 0.134. The lowest BCUT2D eigenvalue weighted by Gasteiger charge is -1.95. The largest absolute Gasteiger partial charge is 0.359 e. The lowest BCUT2D eigenvalue weighted by molar-refractivity contribution is -0.120. The van der Waals surface area contributed by atoms with E-state index in [0.717, 1.165) is 19.3 Å². The number of amides is 1. The second-order valence-electron chi connectivity index (χ2n) is 2.45. The average Bonchev–Trinajstić information content (AvgIpc) is 2.04. The van der Waals surface area contributed by atoms with E-state index in [2.05, 4.69) is 24.4 Å². The van der Waals surface area contributed by atoms with Gasteiger partial charge in [-0.2, -0.15) is 0 Å². The molecule has 0 unspecified atom stereocenters. The third kappa shape index (κ3) is 7.10. The van der Waals surface area contributed by atoms with Crippen LogP contribution in [0.25, 0.3) is 0 Å². The van der Waals surface area contributed by atoms with Crippen molar-refractivity contribution in [3.05, 3.63) is 12.2 Å². The number of nitrogens with one attached hydrogen (secondary N) is 1. The van der Waals surface area contributed by atoms with Crippen LogP contribution in [0.4, 0.5) is 0 Å². The molecule has 0 saturated carbocycles. The van der Waals surface area contributed by atoms with Crippen molar-refractivity contribution in [2.75, 3.05) is 7.05 Å². The second kappa shape index (κ2) is 7.32. The summed E-state index contributed by atoms with van der Waals surface area (Å²) >= 11 is 0. The summed E-state index contributed by atoms with van der Waals surface area (Å²) in [6.07, 6.45) is 7.95. The Hall–Kier alpha value is -0.790. The van der Waals surface area contributed by atoms with Crippen molar-refractivity contribution in [2.45, 2.75) is 32.6 Å². The van der Waals surface area contributed by atoms with E-state index in [1.54, 1.807) is 7.05 Å². The highest BCUT2D eigenvalue weighted by Gasteiger charge is 1.93. The highest BCUT2D eigenvalue weighted by molar-refractivity contribution is 5.75. The van der Waals surface area contributed by atoms with Gasteiger partial charge in [-0.3, -0.25) is 4.79 Å². The quantitative estimate of drug-likeness (QED) is 0.476. The summed E-state index contributed by atoms with van der Waals surface area (Å²) < 4.78 is 0. The topological polar surface area (TPSA) is 29.1 Å². The van der Waals surface area contributed by atoms with Crippen molar-refractivity contribution in [1.82, 2.24) is 5.32 Å². The Morgan fingerprint density at radius 2 is 2.18 bits per heavy atom. The van der Waals surface area contributed by atoms with Gasteiger partial charge in [0.25, 0.3) is 0 Å². The fourth-order valence-corrected chi connectivity index (χ4v) is 0.790. The maximum Gasteiger partial charge on any atom is 0.219 e. The summed E-state index contributed by atoms with van der Waals surface area (Å²) in [6, 6.07) is 0. The van der Waals surface area contributed by atoms with E-state index in [1.807, 2.05) is 0 Å². The van der Waals surface area contributed by atoms with Gasteiger partial charge in [0.1, 0.15) is 0 Å².